The zero-order valence-electron chi connectivity index (χ0n) is 12.9. The summed E-state index contributed by atoms with van der Waals surface area (Å²) in [6.45, 7) is 2.69. The van der Waals surface area contributed by atoms with Crippen LogP contribution < -0.4 is 5.73 Å². The molecule has 3 rings (SSSR count). The normalized spacial score (nSPS) is 17.2. The lowest BCUT2D eigenvalue weighted by Gasteiger charge is -2.33. The summed E-state index contributed by atoms with van der Waals surface area (Å²) < 4.78 is 31.7. The van der Waals surface area contributed by atoms with Crippen LogP contribution in [0.4, 0.5) is 0 Å². The fourth-order valence-corrected chi connectivity index (χ4v) is 4.27. The summed E-state index contributed by atoms with van der Waals surface area (Å²) in [4.78, 5) is 6.45. The molecular formula is C14H18ClN5O3S. The van der Waals surface area contributed by atoms with E-state index in [1.807, 2.05) is 0 Å². The summed E-state index contributed by atoms with van der Waals surface area (Å²) in [5.74, 6) is 0.953. The van der Waals surface area contributed by atoms with E-state index in [2.05, 4.69) is 15.0 Å². The summed E-state index contributed by atoms with van der Waals surface area (Å²) >= 11 is 5.89. The number of rotatable bonds is 5. The molecule has 0 unspecified atom stereocenters. The monoisotopic (exact) mass is 371 g/mol. The van der Waals surface area contributed by atoms with Crippen LogP contribution in [0.3, 0.4) is 0 Å². The number of hydrogen-bond donors (Lipinski definition) is 1. The van der Waals surface area contributed by atoms with E-state index in [4.69, 9.17) is 21.9 Å². The highest BCUT2D eigenvalue weighted by atomic mass is 35.5. The number of hydrogen-bond acceptors (Lipinski definition) is 7. The van der Waals surface area contributed by atoms with Gasteiger partial charge in [-0.2, -0.15) is 9.29 Å². The maximum absolute atomic E-state index is 12.6. The summed E-state index contributed by atoms with van der Waals surface area (Å²) in [5, 5.41) is 4.26. The van der Waals surface area contributed by atoms with Crippen molar-refractivity contribution in [3.05, 3.63) is 41.0 Å². The first-order valence-corrected chi connectivity index (χ1v) is 9.30. The second-order valence-corrected chi connectivity index (χ2v) is 7.82. The maximum atomic E-state index is 12.6. The van der Waals surface area contributed by atoms with Crippen molar-refractivity contribution >= 4 is 21.6 Å². The van der Waals surface area contributed by atoms with Gasteiger partial charge in [-0.25, -0.2) is 8.42 Å². The van der Waals surface area contributed by atoms with Gasteiger partial charge in [0.2, 0.25) is 15.9 Å². The highest BCUT2D eigenvalue weighted by molar-refractivity contribution is 7.89. The van der Waals surface area contributed by atoms with Gasteiger partial charge in [0.15, 0.2) is 5.82 Å². The van der Waals surface area contributed by atoms with Crippen LogP contribution in [0.15, 0.2) is 33.7 Å². The van der Waals surface area contributed by atoms with Crippen molar-refractivity contribution in [3.63, 3.8) is 0 Å². The Balaban J connectivity index is 1.62. The predicted octanol–water partition coefficient (Wildman–Crippen LogP) is 0.688. The first kappa shape index (κ1) is 17.3. The third-order valence-electron chi connectivity index (χ3n) is 3.81. The highest BCUT2D eigenvalue weighted by Crippen LogP contribution is 2.21. The van der Waals surface area contributed by atoms with E-state index in [0.717, 1.165) is 0 Å². The minimum Gasteiger partial charge on any atom is -0.338 e. The third kappa shape index (κ3) is 3.76. The number of sulfonamides is 1. The van der Waals surface area contributed by atoms with Gasteiger partial charge in [0.25, 0.3) is 0 Å². The van der Waals surface area contributed by atoms with Gasteiger partial charge in [0.1, 0.15) is 0 Å². The molecular weight excluding hydrogens is 354 g/mol. The van der Waals surface area contributed by atoms with Crippen LogP contribution >= 0.6 is 11.6 Å². The topological polar surface area (TPSA) is 106 Å². The molecule has 1 aromatic heterocycles. The van der Waals surface area contributed by atoms with Crippen LogP contribution in [0.5, 0.6) is 0 Å². The average Bonchev–Trinajstić information content (AvgIpc) is 3.03. The molecule has 130 valence electrons. The Morgan fingerprint density at radius 1 is 1.25 bits per heavy atom. The Kier molecular flexibility index (Phi) is 5.16. The quantitative estimate of drug-likeness (QED) is 0.824. The number of halogens is 1. The molecule has 0 amide bonds. The fraction of sp³-hybridized carbons (Fsp3) is 0.429. The van der Waals surface area contributed by atoms with Gasteiger partial charge in [-0.1, -0.05) is 22.8 Å². The predicted molar refractivity (Wildman–Crippen MR) is 87.7 cm³/mol. The molecule has 0 aliphatic carbocycles. The van der Waals surface area contributed by atoms with Gasteiger partial charge in [-0.3, -0.25) is 4.90 Å². The van der Waals surface area contributed by atoms with E-state index >= 15 is 0 Å². The molecule has 1 aliphatic heterocycles. The molecule has 2 heterocycles. The van der Waals surface area contributed by atoms with Crippen molar-refractivity contribution < 1.29 is 12.9 Å². The van der Waals surface area contributed by atoms with Crippen LogP contribution in [0.2, 0.25) is 5.02 Å². The van der Waals surface area contributed by atoms with Gasteiger partial charge in [-0.05, 0) is 18.2 Å². The SMILES string of the molecule is NCc1nc(CN2CCN(S(=O)(=O)c3cccc(Cl)c3)CC2)no1. The number of benzene rings is 1. The Morgan fingerprint density at radius 3 is 2.62 bits per heavy atom. The van der Waals surface area contributed by atoms with Crippen molar-refractivity contribution in [2.24, 2.45) is 5.73 Å². The van der Waals surface area contributed by atoms with E-state index in [0.29, 0.717) is 49.5 Å². The summed E-state index contributed by atoms with van der Waals surface area (Å²) in [6.07, 6.45) is 0. The van der Waals surface area contributed by atoms with E-state index in [1.165, 1.54) is 10.4 Å². The number of nitrogens with two attached hydrogens (primary N) is 1. The molecule has 1 fully saturated rings. The minimum atomic E-state index is -3.52. The zero-order valence-corrected chi connectivity index (χ0v) is 14.5. The molecule has 10 heteroatoms. The Labute approximate surface area is 145 Å². The van der Waals surface area contributed by atoms with E-state index in [1.54, 1.807) is 18.2 Å². The molecule has 0 radical (unpaired) electrons. The average molecular weight is 372 g/mol. The van der Waals surface area contributed by atoms with Crippen molar-refractivity contribution in [1.29, 1.82) is 0 Å². The van der Waals surface area contributed by atoms with Gasteiger partial charge in [0, 0.05) is 31.2 Å². The van der Waals surface area contributed by atoms with E-state index < -0.39 is 10.0 Å². The molecule has 24 heavy (non-hydrogen) atoms. The molecule has 1 saturated heterocycles. The van der Waals surface area contributed by atoms with Crippen LogP contribution in [0, 0.1) is 0 Å². The Morgan fingerprint density at radius 2 is 2.00 bits per heavy atom. The standard InChI is InChI=1S/C14H18ClN5O3S/c15-11-2-1-3-12(8-11)24(21,22)20-6-4-19(5-7-20)10-13-17-14(9-16)23-18-13/h1-3,8H,4-7,9-10,16H2. The molecule has 2 N–H and O–H groups in total. The van der Waals surface area contributed by atoms with Crippen LogP contribution in [-0.4, -0.2) is 53.9 Å². The van der Waals surface area contributed by atoms with E-state index in [-0.39, 0.29) is 11.4 Å². The lowest BCUT2D eigenvalue weighted by Crippen LogP contribution is -2.48. The molecule has 1 aromatic carbocycles. The first-order chi connectivity index (χ1) is 11.5. The van der Waals surface area contributed by atoms with Crippen molar-refractivity contribution in [2.75, 3.05) is 26.2 Å². The highest BCUT2D eigenvalue weighted by Gasteiger charge is 2.29. The molecule has 2 aromatic rings. The largest absolute Gasteiger partial charge is 0.338 e. The zero-order chi connectivity index (χ0) is 17.2. The smallest absolute Gasteiger partial charge is 0.243 e. The van der Waals surface area contributed by atoms with E-state index in [9.17, 15) is 8.42 Å². The van der Waals surface area contributed by atoms with Gasteiger partial charge >= 0.3 is 0 Å². The van der Waals surface area contributed by atoms with Crippen molar-refractivity contribution in [3.8, 4) is 0 Å². The van der Waals surface area contributed by atoms with Crippen LogP contribution in [-0.2, 0) is 23.1 Å². The summed E-state index contributed by atoms with van der Waals surface area (Å²) in [5.41, 5.74) is 5.44. The minimum absolute atomic E-state index is 0.207. The molecule has 1 aliphatic rings. The second kappa shape index (κ2) is 7.16. The molecule has 0 bridgehead atoms. The number of aromatic nitrogens is 2. The Hall–Kier alpha value is -1.52. The van der Waals surface area contributed by atoms with Crippen molar-refractivity contribution in [1.82, 2.24) is 19.3 Å². The number of piperazine rings is 1. The Bertz CT molecular complexity index is 802. The number of nitrogens with zero attached hydrogens (tertiary/aromatic N) is 4. The van der Waals surface area contributed by atoms with Crippen molar-refractivity contribution in [2.45, 2.75) is 18.0 Å². The molecule has 0 saturated carbocycles. The van der Waals surface area contributed by atoms with Crippen LogP contribution in [0.1, 0.15) is 11.7 Å². The second-order valence-electron chi connectivity index (χ2n) is 5.45. The van der Waals surface area contributed by atoms with Gasteiger partial charge in [-0.15, -0.1) is 0 Å². The summed E-state index contributed by atoms with van der Waals surface area (Å²) in [7, 11) is -3.52. The van der Waals surface area contributed by atoms with Gasteiger partial charge < -0.3 is 10.3 Å². The summed E-state index contributed by atoms with van der Waals surface area (Å²) in [6, 6.07) is 6.31. The van der Waals surface area contributed by atoms with Gasteiger partial charge in [0.05, 0.1) is 18.0 Å². The lowest BCUT2D eigenvalue weighted by atomic mass is 10.3. The fourth-order valence-electron chi connectivity index (χ4n) is 2.54. The molecule has 0 atom stereocenters. The molecule has 8 nitrogen and oxygen atoms in total. The lowest BCUT2D eigenvalue weighted by molar-refractivity contribution is 0.176. The maximum Gasteiger partial charge on any atom is 0.243 e. The molecule has 0 spiro atoms. The third-order valence-corrected chi connectivity index (χ3v) is 5.94. The van der Waals surface area contributed by atoms with Crippen LogP contribution in [0.25, 0.3) is 0 Å². The first-order valence-electron chi connectivity index (χ1n) is 7.48.